The van der Waals surface area contributed by atoms with Gasteiger partial charge in [-0.1, -0.05) is 68.7 Å². The number of unbranched alkanes of at least 4 members (excludes halogenated alkanes) is 5. The zero-order valence-corrected chi connectivity index (χ0v) is 17.6. The third-order valence-electron chi connectivity index (χ3n) is 4.67. The predicted octanol–water partition coefficient (Wildman–Crippen LogP) is 9.19. The van der Waals surface area contributed by atoms with Gasteiger partial charge in [-0.15, -0.1) is 0 Å². The van der Waals surface area contributed by atoms with Crippen molar-refractivity contribution in [3.05, 3.63) is 0 Å². The van der Waals surface area contributed by atoms with Crippen molar-refractivity contribution in [1.82, 2.24) is 0 Å². The average Bonchev–Trinajstić information content (AvgIpc) is 2.58. The first-order chi connectivity index (χ1) is 13.9. The zero-order valence-electron chi connectivity index (χ0n) is 16.1. The molecule has 0 heterocycles. The predicted molar refractivity (Wildman–Crippen MR) is 87.8 cm³/mol. The van der Waals surface area contributed by atoms with E-state index in [2.05, 4.69) is 0 Å². The van der Waals surface area contributed by atoms with Crippen LogP contribution in [-0.4, -0.2) is 40.4 Å². The molecule has 0 amide bonds. The van der Waals surface area contributed by atoms with Crippen LogP contribution in [0.2, 0.25) is 0 Å². The van der Waals surface area contributed by atoms with E-state index in [0.29, 0.717) is 19.3 Å². The van der Waals surface area contributed by atoms with Gasteiger partial charge in [0, 0.05) is 0 Å². The van der Waals surface area contributed by atoms with Crippen molar-refractivity contribution in [1.29, 1.82) is 0 Å². The first-order valence-corrected chi connectivity index (χ1v) is 9.72. The van der Waals surface area contributed by atoms with Gasteiger partial charge in [0.15, 0.2) is 4.33 Å². The van der Waals surface area contributed by atoms with Gasteiger partial charge >= 0.3 is 36.0 Å². The maximum absolute atomic E-state index is 14.2. The van der Waals surface area contributed by atoms with E-state index in [4.69, 9.17) is 23.2 Å². The van der Waals surface area contributed by atoms with Crippen molar-refractivity contribution < 1.29 is 61.5 Å². The molecular formula is C16H18Cl2F14. The monoisotopic (exact) mass is 546 g/mol. The fourth-order valence-corrected chi connectivity index (χ4v) is 3.46. The van der Waals surface area contributed by atoms with Crippen molar-refractivity contribution in [3.8, 4) is 0 Å². The van der Waals surface area contributed by atoms with Crippen LogP contribution in [0.3, 0.4) is 0 Å². The highest BCUT2D eigenvalue weighted by Crippen LogP contribution is 2.63. The van der Waals surface area contributed by atoms with Gasteiger partial charge in [-0.05, 0) is 6.42 Å². The number of alkyl halides is 16. The summed E-state index contributed by atoms with van der Waals surface area (Å²) in [6.07, 6.45) is -15.4. The second-order valence-electron chi connectivity index (χ2n) is 7.07. The lowest BCUT2D eigenvalue weighted by Gasteiger charge is -2.44. The molecule has 16 heteroatoms. The van der Waals surface area contributed by atoms with Gasteiger partial charge in [-0.25, -0.2) is 0 Å². The molecule has 1 unspecified atom stereocenters. The van der Waals surface area contributed by atoms with Gasteiger partial charge in [-0.2, -0.15) is 61.5 Å². The van der Waals surface area contributed by atoms with Crippen molar-refractivity contribution in [2.45, 2.75) is 92.2 Å². The molecule has 0 rings (SSSR count). The van der Waals surface area contributed by atoms with Gasteiger partial charge in [0.05, 0.1) is 5.92 Å². The summed E-state index contributed by atoms with van der Waals surface area (Å²) in [6.45, 7) is 1.74. The minimum absolute atomic E-state index is 0.147. The van der Waals surface area contributed by atoms with Gasteiger partial charge in [-0.3, -0.25) is 0 Å². The second-order valence-corrected chi connectivity index (χ2v) is 8.46. The highest BCUT2D eigenvalue weighted by molar-refractivity contribution is 6.49. The van der Waals surface area contributed by atoms with E-state index in [0.717, 1.165) is 0 Å². The van der Waals surface area contributed by atoms with E-state index in [1.807, 2.05) is 0 Å². The average molecular weight is 547 g/mol. The molecule has 0 aromatic heterocycles. The fourth-order valence-electron chi connectivity index (χ4n) is 2.73. The van der Waals surface area contributed by atoms with E-state index in [1.165, 1.54) is 0 Å². The van der Waals surface area contributed by atoms with Crippen molar-refractivity contribution in [2.24, 2.45) is 5.92 Å². The molecule has 0 nitrogen and oxygen atoms in total. The summed E-state index contributed by atoms with van der Waals surface area (Å²) in [5.41, 5.74) is 0. The lowest BCUT2D eigenvalue weighted by atomic mass is 9.82. The van der Waals surface area contributed by atoms with Crippen molar-refractivity contribution >= 4 is 23.2 Å². The van der Waals surface area contributed by atoms with Crippen LogP contribution >= 0.6 is 23.2 Å². The first-order valence-electron chi connectivity index (χ1n) is 8.97. The van der Waals surface area contributed by atoms with Crippen molar-refractivity contribution in [3.63, 3.8) is 0 Å². The Kier molecular flexibility index (Phi) is 9.94. The summed E-state index contributed by atoms with van der Waals surface area (Å²) in [4.78, 5) is 0. The quantitative estimate of drug-likeness (QED) is 0.130. The van der Waals surface area contributed by atoms with E-state index in [1.54, 1.807) is 6.92 Å². The molecule has 0 aliphatic rings. The number of rotatable bonds is 12. The molecule has 32 heavy (non-hydrogen) atoms. The molecule has 0 saturated heterocycles. The molecule has 0 aliphatic heterocycles. The maximum Gasteiger partial charge on any atom is 0.459 e. The molecule has 1 atom stereocenters. The SMILES string of the molecule is CCCCCCCCC(C(F)(F)C(F)(F)C(F)(F)F)C(Cl)(Cl)C(F)(F)C(F)(F)C(F)(F)F. The number of halogens is 16. The number of hydrogen-bond donors (Lipinski definition) is 0. The minimum Gasteiger partial charge on any atom is -0.199 e. The van der Waals surface area contributed by atoms with E-state index < -0.39 is 59.1 Å². The summed E-state index contributed by atoms with van der Waals surface area (Å²) in [5.74, 6) is -32.3. The Morgan fingerprint density at radius 1 is 0.531 bits per heavy atom. The Balaban J connectivity index is 6.38. The number of hydrogen-bond acceptors (Lipinski definition) is 0. The van der Waals surface area contributed by atoms with E-state index >= 15 is 0 Å². The molecule has 0 radical (unpaired) electrons. The smallest absolute Gasteiger partial charge is 0.199 e. The Morgan fingerprint density at radius 2 is 0.906 bits per heavy atom. The molecule has 0 bridgehead atoms. The van der Waals surface area contributed by atoms with Crippen LogP contribution in [0, 0.1) is 5.92 Å². The van der Waals surface area contributed by atoms with Crippen LogP contribution in [0.25, 0.3) is 0 Å². The van der Waals surface area contributed by atoms with Crippen LogP contribution in [0.15, 0.2) is 0 Å². The summed E-state index contributed by atoms with van der Waals surface area (Å²) < 4.78 is 179. The Morgan fingerprint density at radius 3 is 1.28 bits per heavy atom. The molecular weight excluding hydrogens is 529 g/mol. The summed E-state index contributed by atoms with van der Waals surface area (Å²) in [6, 6.07) is 0. The lowest BCUT2D eigenvalue weighted by molar-refractivity contribution is -0.384. The van der Waals surface area contributed by atoms with Crippen LogP contribution < -0.4 is 0 Å². The highest BCUT2D eigenvalue weighted by atomic mass is 35.5. The molecule has 0 saturated carbocycles. The second kappa shape index (κ2) is 10.1. The molecule has 0 aliphatic carbocycles. The van der Waals surface area contributed by atoms with Crippen LogP contribution in [0.5, 0.6) is 0 Å². The summed E-state index contributed by atoms with van der Waals surface area (Å²) in [7, 11) is 0. The lowest BCUT2D eigenvalue weighted by Crippen LogP contribution is -2.67. The Hall–Kier alpha value is -0.400. The van der Waals surface area contributed by atoms with Gasteiger partial charge in [0.2, 0.25) is 0 Å². The largest absolute Gasteiger partial charge is 0.459 e. The maximum atomic E-state index is 14.2. The minimum atomic E-state index is -7.24. The molecule has 0 spiro atoms. The standard InChI is InChI=1S/C16H18Cl2F14/c1-2-3-4-5-6-7-8-9(11(19,20)13(23,24)15(27,28)29)10(17,18)12(21,22)14(25,26)16(30,31)32/h9H,2-8H2,1H3. The Labute approximate surface area is 183 Å². The van der Waals surface area contributed by atoms with Gasteiger partial charge in [0.1, 0.15) is 0 Å². The summed E-state index contributed by atoms with van der Waals surface area (Å²) >= 11 is 9.48. The van der Waals surface area contributed by atoms with E-state index in [-0.39, 0.29) is 12.8 Å². The topological polar surface area (TPSA) is 0 Å². The molecule has 0 N–H and O–H groups in total. The molecule has 194 valence electrons. The Bertz CT molecular complexity index is 595. The first kappa shape index (κ1) is 31.6. The fraction of sp³-hybridized carbons (Fsp3) is 1.00. The normalized spacial score (nSPS) is 16.4. The molecule has 0 aromatic carbocycles. The van der Waals surface area contributed by atoms with Crippen molar-refractivity contribution in [2.75, 3.05) is 0 Å². The molecule has 0 fully saturated rings. The summed E-state index contributed by atoms with van der Waals surface area (Å²) in [5, 5.41) is 0. The van der Waals surface area contributed by atoms with Crippen LogP contribution in [0.4, 0.5) is 61.5 Å². The third-order valence-corrected chi connectivity index (χ3v) is 5.67. The van der Waals surface area contributed by atoms with Crippen LogP contribution in [0.1, 0.15) is 51.9 Å². The van der Waals surface area contributed by atoms with Crippen LogP contribution in [-0.2, 0) is 0 Å². The van der Waals surface area contributed by atoms with Gasteiger partial charge < -0.3 is 0 Å². The highest BCUT2D eigenvalue weighted by Gasteiger charge is 2.85. The third kappa shape index (κ3) is 5.80. The van der Waals surface area contributed by atoms with Gasteiger partial charge in [0.25, 0.3) is 0 Å². The zero-order chi connectivity index (χ0) is 26.0. The van der Waals surface area contributed by atoms with E-state index in [9.17, 15) is 61.5 Å². The molecule has 0 aromatic rings.